The van der Waals surface area contributed by atoms with Gasteiger partial charge in [0, 0.05) is 35.6 Å². The zero-order valence-electron chi connectivity index (χ0n) is 13.8. The molecule has 2 aromatic rings. The van der Waals surface area contributed by atoms with E-state index in [2.05, 4.69) is 32.9 Å². The van der Waals surface area contributed by atoms with Crippen molar-refractivity contribution in [1.29, 1.82) is 0 Å². The van der Waals surface area contributed by atoms with Gasteiger partial charge in [-0.1, -0.05) is 12.1 Å². The van der Waals surface area contributed by atoms with Crippen LogP contribution in [0.3, 0.4) is 0 Å². The second-order valence-corrected chi connectivity index (χ2v) is 7.33. The molecular formula is C19H20IN3O2. The van der Waals surface area contributed by atoms with E-state index in [0.717, 1.165) is 35.1 Å². The van der Waals surface area contributed by atoms with Crippen molar-refractivity contribution in [3.63, 3.8) is 0 Å². The average molecular weight is 449 g/mol. The smallest absolute Gasteiger partial charge is 0.254 e. The van der Waals surface area contributed by atoms with Crippen LogP contribution in [-0.4, -0.2) is 41.3 Å². The Morgan fingerprint density at radius 2 is 1.92 bits per heavy atom. The number of nitrogens with zero attached hydrogens (tertiary/aromatic N) is 2. The number of rotatable bonds is 4. The van der Waals surface area contributed by atoms with Gasteiger partial charge in [-0.25, -0.2) is 0 Å². The van der Waals surface area contributed by atoms with Crippen LogP contribution in [0, 0.1) is 9.49 Å². The van der Waals surface area contributed by atoms with Crippen LogP contribution in [0.25, 0.3) is 0 Å². The van der Waals surface area contributed by atoms with Crippen LogP contribution in [0.15, 0.2) is 48.8 Å². The van der Waals surface area contributed by atoms with E-state index in [4.69, 9.17) is 0 Å². The lowest BCUT2D eigenvalue weighted by Gasteiger charge is -2.32. The number of likely N-dealkylation sites (tertiary alicyclic amines) is 1. The van der Waals surface area contributed by atoms with Gasteiger partial charge in [-0.2, -0.15) is 0 Å². The maximum Gasteiger partial charge on any atom is 0.254 e. The summed E-state index contributed by atoms with van der Waals surface area (Å²) in [6.07, 6.45) is 5.03. The Kier molecular flexibility index (Phi) is 6.01. The highest BCUT2D eigenvalue weighted by molar-refractivity contribution is 14.1. The largest absolute Gasteiger partial charge is 0.352 e. The Bertz CT molecular complexity index is 743. The summed E-state index contributed by atoms with van der Waals surface area (Å²) in [7, 11) is 0. The quantitative estimate of drug-likeness (QED) is 0.731. The fraction of sp³-hybridized carbons (Fsp3) is 0.316. The fourth-order valence-corrected chi connectivity index (χ4v) is 3.60. The molecule has 2 amide bonds. The molecule has 0 radical (unpaired) electrons. The first kappa shape index (κ1) is 17.8. The van der Waals surface area contributed by atoms with Crippen LogP contribution in [0.1, 0.15) is 33.6 Å². The van der Waals surface area contributed by atoms with E-state index in [1.807, 2.05) is 29.2 Å². The van der Waals surface area contributed by atoms with E-state index < -0.39 is 0 Å². The van der Waals surface area contributed by atoms with Gasteiger partial charge in [-0.3, -0.25) is 14.6 Å². The topological polar surface area (TPSA) is 62.3 Å². The summed E-state index contributed by atoms with van der Waals surface area (Å²) in [5, 5.41) is 2.97. The van der Waals surface area contributed by atoms with Crippen molar-refractivity contribution in [2.45, 2.75) is 12.8 Å². The number of carbonyl (C=O) groups is 2. The molecule has 130 valence electrons. The monoisotopic (exact) mass is 449 g/mol. The van der Waals surface area contributed by atoms with Crippen molar-refractivity contribution >= 4 is 34.4 Å². The third-order valence-corrected chi connectivity index (χ3v) is 5.42. The zero-order valence-corrected chi connectivity index (χ0v) is 16.0. The summed E-state index contributed by atoms with van der Waals surface area (Å²) < 4.78 is 0.982. The molecule has 25 heavy (non-hydrogen) atoms. The number of pyridine rings is 1. The van der Waals surface area contributed by atoms with Crippen LogP contribution < -0.4 is 5.32 Å². The normalized spacial score (nSPS) is 15.0. The first-order valence-corrected chi connectivity index (χ1v) is 9.45. The van der Waals surface area contributed by atoms with Gasteiger partial charge in [0.05, 0.1) is 11.1 Å². The molecule has 0 bridgehead atoms. The van der Waals surface area contributed by atoms with Crippen LogP contribution in [0.4, 0.5) is 0 Å². The van der Waals surface area contributed by atoms with E-state index in [1.54, 1.807) is 24.5 Å². The lowest BCUT2D eigenvalue weighted by molar-refractivity contribution is 0.0683. The molecule has 0 aliphatic carbocycles. The fourth-order valence-electron chi connectivity index (χ4n) is 2.98. The lowest BCUT2D eigenvalue weighted by Crippen LogP contribution is -2.41. The molecule has 0 spiro atoms. The standard InChI is InChI=1S/C19H20IN3O2/c20-17-6-2-1-5-16(17)19(25)23-10-7-14(8-11-23)12-22-18(24)15-4-3-9-21-13-15/h1-6,9,13-14H,7-8,10-12H2,(H,22,24). The van der Waals surface area contributed by atoms with E-state index in [0.29, 0.717) is 18.0 Å². The van der Waals surface area contributed by atoms with Crippen molar-refractivity contribution in [2.75, 3.05) is 19.6 Å². The highest BCUT2D eigenvalue weighted by atomic mass is 127. The van der Waals surface area contributed by atoms with E-state index in [-0.39, 0.29) is 11.8 Å². The number of benzene rings is 1. The Morgan fingerprint density at radius 1 is 1.16 bits per heavy atom. The first-order valence-electron chi connectivity index (χ1n) is 8.37. The molecule has 1 aliphatic heterocycles. The SMILES string of the molecule is O=C(NCC1CCN(C(=O)c2ccccc2I)CC1)c1cccnc1. The first-order chi connectivity index (χ1) is 12.1. The van der Waals surface area contributed by atoms with Crippen LogP contribution in [0.5, 0.6) is 0 Å². The second kappa shape index (κ2) is 8.42. The van der Waals surface area contributed by atoms with Gasteiger partial charge < -0.3 is 10.2 Å². The van der Waals surface area contributed by atoms with Crippen molar-refractivity contribution in [3.05, 3.63) is 63.5 Å². The summed E-state index contributed by atoms with van der Waals surface area (Å²) in [5.74, 6) is 0.410. The Morgan fingerprint density at radius 3 is 2.60 bits per heavy atom. The summed E-state index contributed by atoms with van der Waals surface area (Å²) >= 11 is 2.20. The number of piperidine rings is 1. The maximum atomic E-state index is 12.6. The number of nitrogens with one attached hydrogen (secondary N) is 1. The second-order valence-electron chi connectivity index (χ2n) is 6.17. The zero-order chi connectivity index (χ0) is 17.6. The maximum absolute atomic E-state index is 12.6. The summed E-state index contributed by atoms with van der Waals surface area (Å²) in [5.41, 5.74) is 1.35. The van der Waals surface area contributed by atoms with Gasteiger partial charge in [0.25, 0.3) is 11.8 Å². The molecule has 0 atom stereocenters. The number of amides is 2. The highest BCUT2D eigenvalue weighted by Gasteiger charge is 2.24. The van der Waals surface area contributed by atoms with Crippen LogP contribution in [-0.2, 0) is 0 Å². The molecule has 1 aromatic heterocycles. The van der Waals surface area contributed by atoms with Crippen LogP contribution in [0.2, 0.25) is 0 Å². The summed E-state index contributed by atoms with van der Waals surface area (Å²) in [4.78, 5) is 30.6. The van der Waals surface area contributed by atoms with Gasteiger partial charge in [0.15, 0.2) is 0 Å². The summed E-state index contributed by atoms with van der Waals surface area (Å²) in [6.45, 7) is 2.10. The number of carbonyl (C=O) groups excluding carboxylic acids is 2. The Hall–Kier alpha value is -1.96. The molecule has 1 fully saturated rings. The predicted octanol–water partition coefficient (Wildman–Crippen LogP) is 2.97. The van der Waals surface area contributed by atoms with Gasteiger partial charge in [0.1, 0.15) is 0 Å². The van der Waals surface area contributed by atoms with Gasteiger partial charge >= 0.3 is 0 Å². The molecular weight excluding hydrogens is 429 g/mol. The van der Waals surface area contributed by atoms with E-state index in [1.165, 1.54) is 0 Å². The molecule has 1 N–H and O–H groups in total. The Balaban J connectivity index is 1.48. The minimum absolute atomic E-state index is 0.0922. The number of aromatic nitrogens is 1. The molecule has 3 rings (SSSR count). The molecule has 5 nitrogen and oxygen atoms in total. The lowest BCUT2D eigenvalue weighted by atomic mass is 9.96. The van der Waals surface area contributed by atoms with Crippen LogP contribution >= 0.6 is 22.6 Å². The third-order valence-electron chi connectivity index (χ3n) is 4.48. The molecule has 0 saturated carbocycles. The number of hydrogen-bond acceptors (Lipinski definition) is 3. The van der Waals surface area contributed by atoms with Crippen molar-refractivity contribution in [1.82, 2.24) is 15.2 Å². The Labute approximate surface area is 161 Å². The van der Waals surface area contributed by atoms with Crippen molar-refractivity contribution in [2.24, 2.45) is 5.92 Å². The summed E-state index contributed by atoms with van der Waals surface area (Å²) in [6, 6.07) is 11.2. The molecule has 1 aliphatic rings. The molecule has 6 heteroatoms. The van der Waals surface area contributed by atoms with Gasteiger partial charge in [-0.05, 0) is 65.6 Å². The average Bonchev–Trinajstić information content (AvgIpc) is 2.67. The predicted molar refractivity (Wildman–Crippen MR) is 104 cm³/mol. The number of hydrogen-bond donors (Lipinski definition) is 1. The van der Waals surface area contributed by atoms with E-state index >= 15 is 0 Å². The number of halogens is 1. The van der Waals surface area contributed by atoms with Crippen molar-refractivity contribution < 1.29 is 9.59 Å². The van der Waals surface area contributed by atoms with Crippen molar-refractivity contribution in [3.8, 4) is 0 Å². The minimum atomic E-state index is -0.0922. The minimum Gasteiger partial charge on any atom is -0.352 e. The molecule has 2 heterocycles. The van der Waals surface area contributed by atoms with Gasteiger partial charge in [0.2, 0.25) is 0 Å². The molecule has 1 saturated heterocycles. The molecule has 0 unspecified atom stereocenters. The third kappa shape index (κ3) is 4.56. The molecule has 1 aromatic carbocycles. The van der Waals surface area contributed by atoms with Gasteiger partial charge in [-0.15, -0.1) is 0 Å². The van der Waals surface area contributed by atoms with E-state index in [9.17, 15) is 9.59 Å². The highest BCUT2D eigenvalue weighted by Crippen LogP contribution is 2.20.